The van der Waals surface area contributed by atoms with Gasteiger partial charge in [0.05, 0.1) is 22.1 Å². The van der Waals surface area contributed by atoms with Crippen LogP contribution in [0, 0.1) is 0 Å². The first kappa shape index (κ1) is 17.1. The number of rotatable bonds is 2. The molecule has 7 nitrogen and oxygen atoms in total. The Morgan fingerprint density at radius 1 is 1.07 bits per heavy atom. The van der Waals surface area contributed by atoms with Crippen molar-refractivity contribution >= 4 is 28.0 Å². The third kappa shape index (κ3) is 2.81. The van der Waals surface area contributed by atoms with Crippen LogP contribution < -0.4 is 11.0 Å². The number of nitrogens with one attached hydrogen (secondary N) is 3. The molecule has 27 heavy (non-hydrogen) atoms. The van der Waals surface area contributed by atoms with Crippen molar-refractivity contribution in [1.82, 2.24) is 24.8 Å². The van der Waals surface area contributed by atoms with Crippen molar-refractivity contribution < 1.29 is 4.79 Å². The van der Waals surface area contributed by atoms with Crippen molar-refractivity contribution in [2.45, 2.75) is 26.2 Å². The maximum atomic E-state index is 12.0. The summed E-state index contributed by atoms with van der Waals surface area (Å²) in [5, 5.41) is 2.64. The Morgan fingerprint density at radius 3 is 2.52 bits per heavy atom. The topological polar surface area (TPSA) is 95.6 Å². The van der Waals surface area contributed by atoms with Gasteiger partial charge in [-0.15, -0.1) is 0 Å². The maximum Gasteiger partial charge on any atom is 0.323 e. The van der Waals surface area contributed by atoms with E-state index in [4.69, 9.17) is 4.98 Å². The standard InChI is InChI=1S/C20H21N5O2/c1-20(2,3)18-22-15-9-11(17(26)21-4)5-8-16(15)25(18)12-6-7-13-14(10-12)24-19(27)23-13/h5-10H,1-4H3,(H,21,26)(H2,23,24,27). The number of imidazole rings is 2. The number of carbonyl (C=O) groups is 1. The smallest absolute Gasteiger partial charge is 0.323 e. The monoisotopic (exact) mass is 363 g/mol. The fraction of sp³-hybridized carbons (Fsp3) is 0.250. The second kappa shape index (κ2) is 5.84. The quantitative estimate of drug-likeness (QED) is 0.511. The van der Waals surface area contributed by atoms with Gasteiger partial charge in [0.1, 0.15) is 5.82 Å². The number of fused-ring (bicyclic) bond motifs is 2. The van der Waals surface area contributed by atoms with Crippen LogP contribution >= 0.6 is 0 Å². The van der Waals surface area contributed by atoms with Crippen molar-refractivity contribution in [1.29, 1.82) is 0 Å². The van der Waals surface area contributed by atoms with Gasteiger partial charge in [0, 0.05) is 23.7 Å². The van der Waals surface area contributed by atoms with Crippen LogP contribution in [0.5, 0.6) is 0 Å². The van der Waals surface area contributed by atoms with Crippen LogP contribution in [0.3, 0.4) is 0 Å². The Balaban J connectivity index is 2.01. The summed E-state index contributed by atoms with van der Waals surface area (Å²) in [4.78, 5) is 34.0. The lowest BCUT2D eigenvalue weighted by Crippen LogP contribution is -2.18. The number of benzene rings is 2. The van der Waals surface area contributed by atoms with E-state index in [1.165, 1.54) is 0 Å². The Hall–Kier alpha value is -3.35. The number of hydrogen-bond donors (Lipinski definition) is 3. The van der Waals surface area contributed by atoms with Crippen LogP contribution in [0.25, 0.3) is 27.8 Å². The lowest BCUT2D eigenvalue weighted by molar-refractivity contribution is 0.0963. The fourth-order valence-corrected chi connectivity index (χ4v) is 3.29. The number of aromatic amines is 2. The van der Waals surface area contributed by atoms with E-state index in [0.717, 1.165) is 33.6 Å². The lowest BCUT2D eigenvalue weighted by Gasteiger charge is -2.20. The molecule has 0 spiro atoms. The van der Waals surface area contributed by atoms with Crippen molar-refractivity contribution in [2.75, 3.05) is 7.05 Å². The predicted octanol–water partition coefficient (Wildman–Crippen LogP) is 2.85. The highest BCUT2D eigenvalue weighted by Gasteiger charge is 2.24. The molecule has 0 saturated carbocycles. The van der Waals surface area contributed by atoms with Gasteiger partial charge in [-0.2, -0.15) is 0 Å². The number of carbonyl (C=O) groups excluding carboxylic acids is 1. The molecule has 0 aliphatic rings. The Kier molecular flexibility index (Phi) is 3.69. The summed E-state index contributed by atoms with van der Waals surface area (Å²) in [7, 11) is 1.61. The molecule has 0 aliphatic heterocycles. The molecule has 0 unspecified atom stereocenters. The molecule has 0 fully saturated rings. The number of amides is 1. The molecule has 4 rings (SSSR count). The van der Waals surface area contributed by atoms with Crippen LogP contribution in [0.4, 0.5) is 0 Å². The van der Waals surface area contributed by atoms with Gasteiger partial charge < -0.3 is 15.3 Å². The molecule has 0 bridgehead atoms. The normalized spacial score (nSPS) is 12.0. The van der Waals surface area contributed by atoms with Crippen molar-refractivity contribution in [2.24, 2.45) is 0 Å². The molecule has 2 heterocycles. The first-order valence-corrected chi connectivity index (χ1v) is 8.75. The molecule has 2 aromatic carbocycles. The minimum Gasteiger partial charge on any atom is -0.355 e. The van der Waals surface area contributed by atoms with Crippen molar-refractivity contribution in [3.8, 4) is 5.69 Å². The Bertz CT molecular complexity index is 1240. The number of H-pyrrole nitrogens is 2. The summed E-state index contributed by atoms with van der Waals surface area (Å²) >= 11 is 0. The average Bonchev–Trinajstić information content (AvgIpc) is 3.18. The summed E-state index contributed by atoms with van der Waals surface area (Å²) in [5.41, 5.74) is 4.18. The first-order valence-electron chi connectivity index (χ1n) is 8.75. The highest BCUT2D eigenvalue weighted by Crippen LogP contribution is 2.30. The first-order chi connectivity index (χ1) is 12.8. The summed E-state index contributed by atoms with van der Waals surface area (Å²) in [6.45, 7) is 6.29. The second-order valence-electron chi connectivity index (χ2n) is 7.61. The second-order valence-corrected chi connectivity index (χ2v) is 7.61. The zero-order chi connectivity index (χ0) is 19.3. The zero-order valence-corrected chi connectivity index (χ0v) is 15.7. The third-order valence-electron chi connectivity index (χ3n) is 4.57. The zero-order valence-electron chi connectivity index (χ0n) is 15.7. The van der Waals surface area contributed by atoms with Crippen molar-refractivity contribution in [3.05, 3.63) is 58.3 Å². The third-order valence-corrected chi connectivity index (χ3v) is 4.57. The van der Waals surface area contributed by atoms with Gasteiger partial charge in [0.15, 0.2) is 0 Å². The van der Waals surface area contributed by atoms with Gasteiger partial charge >= 0.3 is 5.69 Å². The van der Waals surface area contributed by atoms with Gasteiger partial charge in [-0.1, -0.05) is 20.8 Å². The summed E-state index contributed by atoms with van der Waals surface area (Å²) in [6, 6.07) is 11.3. The predicted molar refractivity (Wildman–Crippen MR) is 106 cm³/mol. The van der Waals surface area contributed by atoms with Gasteiger partial charge in [0.25, 0.3) is 5.91 Å². The summed E-state index contributed by atoms with van der Waals surface area (Å²) in [5.74, 6) is 0.735. The molecule has 1 amide bonds. The van der Waals surface area contributed by atoms with Gasteiger partial charge in [0.2, 0.25) is 0 Å². The van der Waals surface area contributed by atoms with Crippen LogP contribution in [0.2, 0.25) is 0 Å². The molecule has 3 N–H and O–H groups in total. The number of aromatic nitrogens is 4. The van der Waals surface area contributed by atoms with E-state index in [1.807, 2.05) is 24.3 Å². The molecular formula is C20H21N5O2. The summed E-state index contributed by atoms with van der Waals surface area (Å²) < 4.78 is 2.08. The molecule has 0 saturated heterocycles. The number of nitrogens with zero attached hydrogens (tertiary/aromatic N) is 2. The minimum absolute atomic E-state index is 0.143. The maximum absolute atomic E-state index is 12.0. The number of hydrogen-bond acceptors (Lipinski definition) is 3. The van der Waals surface area contributed by atoms with Gasteiger partial charge in [-0.3, -0.25) is 9.36 Å². The fourth-order valence-electron chi connectivity index (χ4n) is 3.29. The summed E-state index contributed by atoms with van der Waals surface area (Å²) in [6.07, 6.45) is 0. The van der Waals surface area contributed by atoms with E-state index < -0.39 is 0 Å². The largest absolute Gasteiger partial charge is 0.355 e. The highest BCUT2D eigenvalue weighted by atomic mass is 16.1. The molecule has 0 aliphatic carbocycles. The van der Waals surface area contributed by atoms with E-state index in [9.17, 15) is 9.59 Å². The van der Waals surface area contributed by atoms with Crippen LogP contribution in [0.1, 0.15) is 37.0 Å². The van der Waals surface area contributed by atoms with E-state index >= 15 is 0 Å². The molecule has 2 aromatic heterocycles. The Labute approximate surface area is 155 Å². The average molecular weight is 363 g/mol. The molecule has 0 atom stereocenters. The molecular weight excluding hydrogens is 342 g/mol. The SMILES string of the molecule is CNC(=O)c1ccc2c(c1)nc(C(C)(C)C)n2-c1ccc2[nH]c(=O)[nH]c2c1. The lowest BCUT2D eigenvalue weighted by atomic mass is 9.95. The van der Waals surface area contributed by atoms with E-state index in [-0.39, 0.29) is 17.0 Å². The van der Waals surface area contributed by atoms with Gasteiger partial charge in [-0.05, 0) is 36.4 Å². The van der Waals surface area contributed by atoms with Crippen LogP contribution in [0.15, 0.2) is 41.2 Å². The minimum atomic E-state index is -0.232. The van der Waals surface area contributed by atoms with E-state index in [0.29, 0.717) is 5.56 Å². The Morgan fingerprint density at radius 2 is 1.81 bits per heavy atom. The van der Waals surface area contributed by atoms with E-state index in [1.54, 1.807) is 19.2 Å². The van der Waals surface area contributed by atoms with E-state index in [2.05, 4.69) is 40.6 Å². The highest BCUT2D eigenvalue weighted by molar-refractivity contribution is 5.97. The van der Waals surface area contributed by atoms with Crippen LogP contribution in [-0.4, -0.2) is 32.5 Å². The molecule has 7 heteroatoms. The van der Waals surface area contributed by atoms with Crippen LogP contribution in [-0.2, 0) is 5.41 Å². The van der Waals surface area contributed by atoms with Gasteiger partial charge in [-0.25, -0.2) is 9.78 Å². The molecule has 4 aromatic rings. The molecule has 0 radical (unpaired) electrons. The van der Waals surface area contributed by atoms with Crippen molar-refractivity contribution in [3.63, 3.8) is 0 Å². The molecule has 138 valence electrons.